The Morgan fingerprint density at radius 3 is 2.30 bits per heavy atom. The third-order valence-electron chi connectivity index (χ3n) is 2.67. The van der Waals surface area contributed by atoms with Crippen LogP contribution < -0.4 is 10.6 Å². The normalized spacial score (nSPS) is 9.90. The number of carbonyl (C=O) groups is 1. The van der Waals surface area contributed by atoms with Crippen molar-refractivity contribution in [1.82, 2.24) is 0 Å². The van der Waals surface area contributed by atoms with Gasteiger partial charge in [0.05, 0.1) is 5.69 Å². The van der Waals surface area contributed by atoms with E-state index in [0.717, 1.165) is 14.9 Å². The number of hydrogen-bond donors (Lipinski definition) is 2. The Labute approximate surface area is 136 Å². The van der Waals surface area contributed by atoms with Crippen molar-refractivity contribution in [2.24, 2.45) is 0 Å². The summed E-state index contributed by atoms with van der Waals surface area (Å²) < 4.78 is 1.10. The van der Waals surface area contributed by atoms with Gasteiger partial charge in [-0.15, -0.1) is 0 Å². The van der Waals surface area contributed by atoms with Crippen LogP contribution in [0.15, 0.2) is 48.5 Å². The van der Waals surface area contributed by atoms with E-state index in [1.807, 2.05) is 36.4 Å². The Morgan fingerprint density at radius 1 is 1.05 bits per heavy atom. The minimum Gasteiger partial charge on any atom is -0.332 e. The molecule has 2 N–H and O–H groups in total. The van der Waals surface area contributed by atoms with Gasteiger partial charge in [-0.3, -0.25) is 4.79 Å². The summed E-state index contributed by atoms with van der Waals surface area (Å²) in [7, 11) is 0. The molecule has 0 atom stereocenters. The van der Waals surface area contributed by atoms with Gasteiger partial charge in [0.1, 0.15) is 0 Å². The van der Waals surface area contributed by atoms with Crippen LogP contribution in [-0.4, -0.2) is 10.9 Å². The minimum absolute atomic E-state index is 0.0519. The Balaban J connectivity index is 2.01. The standard InChI is InChI=1S/C15H13IN2OS/c1-10(19)11-6-8-12(9-7-11)17-15(20)18-14-5-3-2-4-13(14)16/h2-9H,1H3,(H2,17,18,20). The van der Waals surface area contributed by atoms with E-state index in [9.17, 15) is 4.79 Å². The average molecular weight is 396 g/mol. The second-order valence-corrected chi connectivity index (χ2v) is 5.76. The largest absolute Gasteiger partial charge is 0.332 e. The molecule has 5 heteroatoms. The van der Waals surface area contributed by atoms with Crippen LogP contribution in [0, 0.1) is 3.57 Å². The smallest absolute Gasteiger partial charge is 0.175 e. The molecule has 0 heterocycles. The van der Waals surface area contributed by atoms with Crippen molar-refractivity contribution < 1.29 is 4.79 Å². The van der Waals surface area contributed by atoms with Crippen LogP contribution in [-0.2, 0) is 0 Å². The highest BCUT2D eigenvalue weighted by molar-refractivity contribution is 14.1. The molecular formula is C15H13IN2OS. The summed E-state index contributed by atoms with van der Waals surface area (Å²) in [6.07, 6.45) is 0. The van der Waals surface area contributed by atoms with Crippen LogP contribution in [0.2, 0.25) is 0 Å². The maximum atomic E-state index is 11.2. The lowest BCUT2D eigenvalue weighted by atomic mass is 10.1. The topological polar surface area (TPSA) is 41.1 Å². The molecule has 0 saturated carbocycles. The van der Waals surface area contributed by atoms with Gasteiger partial charge in [0.25, 0.3) is 0 Å². The molecule has 0 bridgehead atoms. The summed E-state index contributed by atoms with van der Waals surface area (Å²) in [6.45, 7) is 1.55. The van der Waals surface area contributed by atoms with Gasteiger partial charge in [-0.2, -0.15) is 0 Å². The fourth-order valence-electron chi connectivity index (χ4n) is 1.64. The van der Waals surface area contributed by atoms with E-state index >= 15 is 0 Å². The van der Waals surface area contributed by atoms with Gasteiger partial charge >= 0.3 is 0 Å². The molecule has 3 nitrogen and oxygen atoms in total. The third-order valence-corrected chi connectivity index (χ3v) is 3.82. The minimum atomic E-state index is 0.0519. The number of benzene rings is 2. The summed E-state index contributed by atoms with van der Waals surface area (Å²) >= 11 is 7.52. The van der Waals surface area contributed by atoms with E-state index in [2.05, 4.69) is 33.2 Å². The van der Waals surface area contributed by atoms with Gasteiger partial charge in [-0.05, 0) is 78.1 Å². The molecule has 102 valence electrons. The van der Waals surface area contributed by atoms with E-state index < -0.39 is 0 Å². The van der Waals surface area contributed by atoms with Gasteiger partial charge in [0.15, 0.2) is 10.9 Å². The predicted octanol–water partition coefficient (Wildman–Crippen LogP) is 4.30. The lowest BCUT2D eigenvalue weighted by Crippen LogP contribution is -2.19. The highest BCUT2D eigenvalue weighted by Crippen LogP contribution is 2.17. The van der Waals surface area contributed by atoms with E-state index in [-0.39, 0.29) is 5.78 Å². The predicted molar refractivity (Wildman–Crippen MR) is 95.4 cm³/mol. The fraction of sp³-hybridized carbons (Fsp3) is 0.0667. The van der Waals surface area contributed by atoms with Crippen molar-refractivity contribution in [2.45, 2.75) is 6.92 Å². The molecule has 0 spiro atoms. The van der Waals surface area contributed by atoms with Gasteiger partial charge in [-0.1, -0.05) is 12.1 Å². The third kappa shape index (κ3) is 4.01. The van der Waals surface area contributed by atoms with Crippen LogP contribution in [0.3, 0.4) is 0 Å². The van der Waals surface area contributed by atoms with E-state index in [1.54, 1.807) is 19.1 Å². The molecule has 0 aromatic heterocycles. The summed E-state index contributed by atoms with van der Waals surface area (Å²) in [5.41, 5.74) is 2.50. The number of Topliss-reactive ketones (excluding diaryl/α,β-unsaturated/α-hetero) is 1. The van der Waals surface area contributed by atoms with Crippen molar-refractivity contribution >= 4 is 57.1 Å². The fourth-order valence-corrected chi connectivity index (χ4v) is 2.39. The second kappa shape index (κ2) is 6.81. The van der Waals surface area contributed by atoms with Gasteiger partial charge < -0.3 is 10.6 Å². The Kier molecular flexibility index (Phi) is 5.08. The van der Waals surface area contributed by atoms with E-state index in [1.165, 1.54) is 0 Å². The molecule has 2 aromatic rings. The van der Waals surface area contributed by atoms with Gasteiger partial charge in [0.2, 0.25) is 0 Å². The van der Waals surface area contributed by atoms with Crippen molar-refractivity contribution in [1.29, 1.82) is 0 Å². The molecule has 0 saturated heterocycles. The molecule has 2 rings (SSSR count). The number of carbonyl (C=O) groups excluding carboxylic acids is 1. The first-order chi connectivity index (χ1) is 9.56. The number of para-hydroxylation sites is 1. The van der Waals surface area contributed by atoms with E-state index in [4.69, 9.17) is 12.2 Å². The number of nitrogens with one attached hydrogen (secondary N) is 2. The Hall–Kier alpha value is -1.47. The number of halogens is 1. The second-order valence-electron chi connectivity index (χ2n) is 4.19. The quantitative estimate of drug-likeness (QED) is 0.461. The lowest BCUT2D eigenvalue weighted by molar-refractivity contribution is 0.101. The van der Waals surface area contributed by atoms with Crippen LogP contribution in [0.4, 0.5) is 11.4 Å². The maximum Gasteiger partial charge on any atom is 0.175 e. The SMILES string of the molecule is CC(=O)c1ccc(NC(=S)Nc2ccccc2I)cc1. The number of ketones is 1. The number of anilines is 2. The summed E-state index contributed by atoms with van der Waals surface area (Å²) in [5.74, 6) is 0.0519. The molecule has 0 aliphatic heterocycles. The molecule has 0 unspecified atom stereocenters. The van der Waals surface area contributed by atoms with Crippen molar-refractivity contribution in [3.8, 4) is 0 Å². The van der Waals surface area contributed by atoms with Crippen LogP contribution in [0.5, 0.6) is 0 Å². The zero-order valence-electron chi connectivity index (χ0n) is 10.8. The summed E-state index contributed by atoms with van der Waals surface area (Å²) in [4.78, 5) is 11.2. The molecule has 0 aliphatic rings. The maximum absolute atomic E-state index is 11.2. The first-order valence-corrected chi connectivity index (χ1v) is 7.48. The van der Waals surface area contributed by atoms with Crippen LogP contribution in [0.25, 0.3) is 0 Å². The van der Waals surface area contributed by atoms with Gasteiger partial charge in [-0.25, -0.2) is 0 Å². The molecular weight excluding hydrogens is 383 g/mol. The monoisotopic (exact) mass is 396 g/mol. The van der Waals surface area contributed by atoms with Gasteiger partial charge in [0, 0.05) is 14.8 Å². The average Bonchev–Trinajstić information content (AvgIpc) is 2.42. The van der Waals surface area contributed by atoms with Crippen molar-refractivity contribution in [3.63, 3.8) is 0 Å². The number of rotatable bonds is 3. The van der Waals surface area contributed by atoms with Crippen LogP contribution >= 0.6 is 34.8 Å². The van der Waals surface area contributed by atoms with Crippen LogP contribution in [0.1, 0.15) is 17.3 Å². The Morgan fingerprint density at radius 2 is 1.70 bits per heavy atom. The summed E-state index contributed by atoms with van der Waals surface area (Å²) in [5, 5.41) is 6.75. The molecule has 2 aromatic carbocycles. The number of hydrogen-bond acceptors (Lipinski definition) is 2. The highest BCUT2D eigenvalue weighted by atomic mass is 127. The molecule has 0 radical (unpaired) electrons. The molecule has 0 fully saturated rings. The highest BCUT2D eigenvalue weighted by Gasteiger charge is 2.03. The summed E-state index contributed by atoms with van der Waals surface area (Å²) in [6, 6.07) is 15.1. The molecule has 0 aliphatic carbocycles. The molecule has 0 amide bonds. The molecule has 20 heavy (non-hydrogen) atoms. The zero-order chi connectivity index (χ0) is 14.5. The lowest BCUT2D eigenvalue weighted by Gasteiger charge is -2.12. The first-order valence-electron chi connectivity index (χ1n) is 6.00. The van der Waals surface area contributed by atoms with E-state index in [0.29, 0.717) is 10.7 Å². The van der Waals surface area contributed by atoms with Crippen molar-refractivity contribution in [2.75, 3.05) is 10.6 Å². The first kappa shape index (κ1) is 14.9. The number of thiocarbonyl (C=S) groups is 1. The zero-order valence-corrected chi connectivity index (χ0v) is 13.8. The van der Waals surface area contributed by atoms with Crippen molar-refractivity contribution in [3.05, 3.63) is 57.7 Å². The Bertz CT molecular complexity index is 641.